The Morgan fingerprint density at radius 3 is 1.41 bits per heavy atom. The fourth-order valence-corrected chi connectivity index (χ4v) is 2.06. The van der Waals surface area contributed by atoms with Crippen molar-refractivity contribution >= 4 is 52.2 Å². The van der Waals surface area contributed by atoms with Gasteiger partial charge < -0.3 is 44.4 Å². The molecule has 39 heavy (non-hydrogen) atoms. The number of alkyl halides is 1. The SMILES string of the molecule is C=C(CBr)C(=O)O.CCOC(=O)C(CO)(CCO)C(=O)OCC.CCOC(=O)CC(=O)OCC.O=CO[O-].[Na+]. The first-order valence-corrected chi connectivity index (χ1v) is 12.1. The van der Waals surface area contributed by atoms with Crippen molar-refractivity contribution in [1.29, 1.82) is 0 Å². The molecule has 0 aromatic rings. The van der Waals surface area contributed by atoms with Crippen LogP contribution in [0.1, 0.15) is 40.5 Å². The van der Waals surface area contributed by atoms with Crippen LogP contribution >= 0.6 is 15.9 Å². The van der Waals surface area contributed by atoms with Crippen LogP contribution in [0.3, 0.4) is 0 Å². The maximum absolute atomic E-state index is 11.6. The number of rotatable bonds is 14. The van der Waals surface area contributed by atoms with Gasteiger partial charge in [0.25, 0.3) is 6.47 Å². The number of aliphatic hydroxyl groups is 2. The molecule has 0 bridgehead atoms. The summed E-state index contributed by atoms with van der Waals surface area (Å²) < 4.78 is 18.5. The average Bonchev–Trinajstić information content (AvgIpc) is 2.88. The minimum Gasteiger partial charge on any atom is -0.662 e. The van der Waals surface area contributed by atoms with Crippen LogP contribution in [0.15, 0.2) is 12.2 Å². The molecule has 0 spiro atoms. The van der Waals surface area contributed by atoms with Gasteiger partial charge in [-0.2, -0.15) is 0 Å². The zero-order valence-electron chi connectivity index (χ0n) is 22.8. The first-order valence-electron chi connectivity index (χ1n) is 11.0. The van der Waals surface area contributed by atoms with Crippen molar-refractivity contribution in [3.8, 4) is 0 Å². The summed E-state index contributed by atoms with van der Waals surface area (Å²) in [5, 5.41) is 34.8. The number of hydrogen-bond acceptors (Lipinski definition) is 14. The Bertz CT molecular complexity index is 682. The van der Waals surface area contributed by atoms with E-state index in [9.17, 15) is 29.1 Å². The van der Waals surface area contributed by atoms with Gasteiger partial charge in [0.05, 0.1) is 33.0 Å². The number of carboxylic acids is 1. The first-order chi connectivity index (χ1) is 17.9. The minimum atomic E-state index is -1.80. The van der Waals surface area contributed by atoms with Crippen molar-refractivity contribution in [3.63, 3.8) is 0 Å². The molecule has 0 fully saturated rings. The molecule has 0 aromatic carbocycles. The summed E-state index contributed by atoms with van der Waals surface area (Å²) in [5.41, 5.74) is -1.62. The number of hydrogen-bond donors (Lipinski definition) is 3. The topological polar surface area (TPSA) is 232 Å². The van der Waals surface area contributed by atoms with E-state index in [4.69, 9.17) is 29.7 Å². The maximum atomic E-state index is 11.6. The van der Waals surface area contributed by atoms with Crippen molar-refractivity contribution in [2.24, 2.45) is 5.41 Å². The van der Waals surface area contributed by atoms with E-state index < -0.39 is 48.5 Å². The summed E-state index contributed by atoms with van der Waals surface area (Å²) in [5.74, 6) is -3.76. The molecule has 0 atom stereocenters. The van der Waals surface area contributed by atoms with E-state index in [-0.39, 0.29) is 80.9 Å². The summed E-state index contributed by atoms with van der Waals surface area (Å²) in [7, 11) is 0. The number of ether oxygens (including phenoxy) is 4. The van der Waals surface area contributed by atoms with E-state index in [1.54, 1.807) is 27.7 Å². The van der Waals surface area contributed by atoms with Crippen LogP contribution in [0.25, 0.3) is 0 Å². The Hall–Kier alpha value is -2.08. The molecule has 0 amide bonds. The summed E-state index contributed by atoms with van der Waals surface area (Å²) >= 11 is 2.93. The standard InChI is InChI=1S/C10H18O6.C7H12O4.C4H5BrO2.CH2O3.Na/c1-3-15-8(13)10(7-12,5-6-11)9(14)16-4-2;1-3-10-6(8)5-7(9)11-4-2;1-3(2-5)4(6)7;2-1-4-3;/h11-12H,3-7H2,1-2H3;3-5H2,1-2H3;1-2H2,(H,6,7);1,3H;/q;;;;+1/p-1. The van der Waals surface area contributed by atoms with Crippen LogP contribution in [0.4, 0.5) is 0 Å². The molecule has 0 heterocycles. The fourth-order valence-electron chi connectivity index (χ4n) is 1.82. The van der Waals surface area contributed by atoms with Gasteiger partial charge in [-0.3, -0.25) is 24.0 Å². The van der Waals surface area contributed by atoms with Gasteiger partial charge in [-0.05, 0) is 34.1 Å². The molecule has 0 unspecified atom stereocenters. The van der Waals surface area contributed by atoms with Crippen LogP contribution in [0.2, 0.25) is 0 Å². The number of aliphatic hydroxyl groups excluding tert-OH is 2. The predicted octanol–water partition coefficient (Wildman–Crippen LogP) is -3.56. The van der Waals surface area contributed by atoms with Gasteiger partial charge in [-0.1, -0.05) is 22.5 Å². The van der Waals surface area contributed by atoms with Gasteiger partial charge in [0.15, 0.2) is 5.41 Å². The minimum absolute atomic E-state index is 0. The Kier molecular flexibility index (Phi) is 38.5. The zero-order valence-corrected chi connectivity index (χ0v) is 26.4. The van der Waals surface area contributed by atoms with E-state index in [1.165, 1.54) is 0 Å². The maximum Gasteiger partial charge on any atom is 1.00 e. The third-order valence-corrected chi connectivity index (χ3v) is 4.22. The van der Waals surface area contributed by atoms with Gasteiger partial charge in [0, 0.05) is 17.5 Å². The molecule has 15 nitrogen and oxygen atoms in total. The van der Waals surface area contributed by atoms with E-state index in [2.05, 4.69) is 36.9 Å². The average molecular weight is 643 g/mol. The molecule has 0 aliphatic rings. The van der Waals surface area contributed by atoms with Gasteiger partial charge in [-0.15, -0.1) is 0 Å². The Balaban J connectivity index is -0.000000145. The number of halogens is 1. The largest absolute Gasteiger partial charge is 1.00 e. The van der Waals surface area contributed by atoms with Gasteiger partial charge in [0.2, 0.25) is 0 Å². The summed E-state index contributed by atoms with van der Waals surface area (Å²) in [6.07, 6.45) is -0.511. The Morgan fingerprint density at radius 1 is 0.872 bits per heavy atom. The Morgan fingerprint density at radius 2 is 1.23 bits per heavy atom. The van der Waals surface area contributed by atoms with Crippen LogP contribution in [-0.2, 0) is 52.6 Å². The van der Waals surface area contributed by atoms with Crippen molar-refractivity contribution in [2.75, 3.05) is 45.0 Å². The second-order valence-corrected chi connectivity index (χ2v) is 6.74. The molecule has 0 saturated carbocycles. The second-order valence-electron chi connectivity index (χ2n) is 6.18. The van der Waals surface area contributed by atoms with Gasteiger partial charge in [-0.25, -0.2) is 4.79 Å². The molecule has 0 aliphatic carbocycles. The predicted molar refractivity (Wildman–Crippen MR) is 130 cm³/mol. The molecule has 0 saturated heterocycles. The van der Waals surface area contributed by atoms with Crippen LogP contribution < -0.4 is 34.8 Å². The number of carbonyl (C=O) groups excluding carboxylic acids is 5. The number of esters is 4. The van der Waals surface area contributed by atoms with Crippen molar-refractivity contribution in [3.05, 3.63) is 12.2 Å². The molecular weight excluding hydrogens is 607 g/mol. The van der Waals surface area contributed by atoms with Gasteiger partial charge >= 0.3 is 59.4 Å². The third-order valence-electron chi connectivity index (χ3n) is 3.54. The molecule has 3 N–H and O–H groups in total. The normalized spacial score (nSPS) is 9.03. The number of aliphatic carboxylic acids is 1. The number of carbonyl (C=O) groups is 6. The smallest absolute Gasteiger partial charge is 0.662 e. The van der Waals surface area contributed by atoms with Crippen LogP contribution in [-0.4, -0.2) is 96.6 Å². The molecule has 0 aromatic heterocycles. The summed E-state index contributed by atoms with van der Waals surface area (Å²) in [4.78, 5) is 65.5. The quantitative estimate of drug-likeness (QED) is 0.0191. The van der Waals surface area contributed by atoms with Crippen molar-refractivity contribution in [2.45, 2.75) is 40.5 Å². The monoisotopic (exact) mass is 642 g/mol. The summed E-state index contributed by atoms with van der Waals surface area (Å²) in [6.45, 7) is 9.18. The first kappa shape index (κ1) is 46.8. The zero-order chi connectivity index (χ0) is 30.6. The molecule has 222 valence electrons. The number of carboxylic acid groups (broad SMARTS) is 1. The molecule has 0 rings (SSSR count). The van der Waals surface area contributed by atoms with E-state index in [0.29, 0.717) is 5.33 Å². The van der Waals surface area contributed by atoms with Crippen molar-refractivity contribution in [1.82, 2.24) is 0 Å². The van der Waals surface area contributed by atoms with Crippen molar-refractivity contribution < 1.29 is 103 Å². The molecule has 0 radical (unpaired) electrons. The summed E-state index contributed by atoms with van der Waals surface area (Å²) in [6, 6.07) is 0. The molecule has 17 heteroatoms. The van der Waals surface area contributed by atoms with E-state index in [1.807, 2.05) is 0 Å². The Labute approximate surface area is 257 Å². The second kappa shape index (κ2) is 32.1. The van der Waals surface area contributed by atoms with E-state index >= 15 is 0 Å². The van der Waals surface area contributed by atoms with Crippen LogP contribution in [0.5, 0.6) is 0 Å². The third kappa shape index (κ3) is 25.9. The van der Waals surface area contributed by atoms with E-state index in [0.717, 1.165) is 0 Å². The fraction of sp³-hybridized carbons (Fsp3) is 0.636. The van der Waals surface area contributed by atoms with Crippen LogP contribution in [0, 0.1) is 5.41 Å². The molecular formula is C22H36BrNaO15. The van der Waals surface area contributed by atoms with Gasteiger partial charge in [0.1, 0.15) is 6.42 Å². The molecule has 0 aliphatic heterocycles.